The normalized spacial score (nSPS) is 11.9. The number of anilines is 3. The van der Waals surface area contributed by atoms with E-state index in [1.807, 2.05) is 54.6 Å². The monoisotopic (exact) mass is 341 g/mol. The molecule has 0 amide bonds. The number of para-hydroxylation sites is 1. The quantitative estimate of drug-likeness (QED) is 0.538. The van der Waals surface area contributed by atoms with Gasteiger partial charge in [0.25, 0.3) is 0 Å². The Balaban J connectivity index is 1.70. The molecule has 0 bridgehead atoms. The van der Waals surface area contributed by atoms with Gasteiger partial charge in [0.05, 0.1) is 5.52 Å². The van der Waals surface area contributed by atoms with Crippen molar-refractivity contribution in [1.29, 1.82) is 0 Å². The van der Waals surface area contributed by atoms with E-state index in [9.17, 15) is 0 Å². The lowest BCUT2D eigenvalue weighted by Gasteiger charge is -2.17. The standard InChI is InChI=1S/C21H19N5/c1-15(16-7-3-2-4-8-16)23-20-18-9-5-6-10-19(18)25-21(26-20)24-17-11-13-22-14-12-17/h2-15H,1H3,(H2,22,23,24,25,26). The van der Waals surface area contributed by atoms with Gasteiger partial charge in [-0.25, -0.2) is 4.98 Å². The minimum Gasteiger partial charge on any atom is -0.363 e. The van der Waals surface area contributed by atoms with E-state index in [1.165, 1.54) is 5.56 Å². The number of hydrogen-bond donors (Lipinski definition) is 2. The van der Waals surface area contributed by atoms with Crippen LogP contribution in [0.1, 0.15) is 18.5 Å². The van der Waals surface area contributed by atoms with Crippen molar-refractivity contribution in [2.24, 2.45) is 0 Å². The second kappa shape index (κ2) is 7.19. The van der Waals surface area contributed by atoms with E-state index in [2.05, 4.69) is 39.7 Å². The summed E-state index contributed by atoms with van der Waals surface area (Å²) in [5.41, 5.74) is 3.00. The van der Waals surface area contributed by atoms with Crippen molar-refractivity contribution in [3.63, 3.8) is 0 Å². The molecule has 4 aromatic rings. The van der Waals surface area contributed by atoms with E-state index >= 15 is 0 Å². The molecular weight excluding hydrogens is 322 g/mol. The largest absolute Gasteiger partial charge is 0.363 e. The van der Waals surface area contributed by atoms with Crippen LogP contribution in [0.4, 0.5) is 17.5 Å². The summed E-state index contributed by atoms with van der Waals surface area (Å²) in [5, 5.41) is 7.77. The summed E-state index contributed by atoms with van der Waals surface area (Å²) in [7, 11) is 0. The van der Waals surface area contributed by atoms with Gasteiger partial charge in [0.1, 0.15) is 5.82 Å². The maximum Gasteiger partial charge on any atom is 0.229 e. The fourth-order valence-corrected chi connectivity index (χ4v) is 2.84. The van der Waals surface area contributed by atoms with Gasteiger partial charge in [-0.05, 0) is 36.8 Å². The minimum absolute atomic E-state index is 0.128. The number of aromatic nitrogens is 3. The van der Waals surface area contributed by atoms with Crippen molar-refractivity contribution >= 4 is 28.4 Å². The Labute approximate surface area is 152 Å². The highest BCUT2D eigenvalue weighted by Gasteiger charge is 2.11. The summed E-state index contributed by atoms with van der Waals surface area (Å²) >= 11 is 0. The van der Waals surface area contributed by atoms with Gasteiger partial charge in [-0.3, -0.25) is 4.98 Å². The molecule has 0 spiro atoms. The van der Waals surface area contributed by atoms with Crippen molar-refractivity contribution in [2.75, 3.05) is 10.6 Å². The molecule has 0 radical (unpaired) electrons. The van der Waals surface area contributed by atoms with Gasteiger partial charge in [-0.15, -0.1) is 0 Å². The zero-order valence-corrected chi connectivity index (χ0v) is 14.4. The lowest BCUT2D eigenvalue weighted by Crippen LogP contribution is -2.10. The third kappa shape index (κ3) is 3.47. The molecule has 0 saturated heterocycles. The van der Waals surface area contributed by atoms with Crippen molar-refractivity contribution in [1.82, 2.24) is 15.0 Å². The van der Waals surface area contributed by atoms with E-state index in [0.29, 0.717) is 5.95 Å². The van der Waals surface area contributed by atoms with Crippen LogP contribution in [-0.4, -0.2) is 15.0 Å². The minimum atomic E-state index is 0.128. The molecule has 0 saturated carbocycles. The topological polar surface area (TPSA) is 62.7 Å². The molecule has 128 valence electrons. The number of fused-ring (bicyclic) bond motifs is 1. The summed E-state index contributed by atoms with van der Waals surface area (Å²) in [5.74, 6) is 1.36. The Morgan fingerprint density at radius 3 is 2.35 bits per heavy atom. The van der Waals surface area contributed by atoms with Gasteiger partial charge in [-0.1, -0.05) is 42.5 Å². The molecule has 5 nitrogen and oxygen atoms in total. The van der Waals surface area contributed by atoms with Gasteiger partial charge < -0.3 is 10.6 Å². The Morgan fingerprint density at radius 1 is 0.808 bits per heavy atom. The summed E-state index contributed by atoms with van der Waals surface area (Å²) < 4.78 is 0. The smallest absolute Gasteiger partial charge is 0.229 e. The highest BCUT2D eigenvalue weighted by Crippen LogP contribution is 2.26. The van der Waals surface area contributed by atoms with E-state index in [1.54, 1.807) is 12.4 Å². The maximum absolute atomic E-state index is 4.71. The molecule has 0 fully saturated rings. The maximum atomic E-state index is 4.71. The van der Waals surface area contributed by atoms with Crippen LogP contribution in [0, 0.1) is 0 Å². The number of pyridine rings is 1. The molecule has 4 rings (SSSR count). The van der Waals surface area contributed by atoms with Crippen LogP contribution in [0.15, 0.2) is 79.1 Å². The molecule has 2 aromatic carbocycles. The van der Waals surface area contributed by atoms with Crippen LogP contribution in [0.5, 0.6) is 0 Å². The fourth-order valence-electron chi connectivity index (χ4n) is 2.84. The Morgan fingerprint density at radius 2 is 1.54 bits per heavy atom. The first kappa shape index (κ1) is 16.0. The van der Waals surface area contributed by atoms with Gasteiger partial charge in [0, 0.05) is 29.5 Å². The van der Waals surface area contributed by atoms with Crippen molar-refractivity contribution in [3.8, 4) is 0 Å². The average Bonchev–Trinajstić information content (AvgIpc) is 2.69. The number of nitrogens with zero attached hydrogens (tertiary/aromatic N) is 3. The number of rotatable bonds is 5. The number of hydrogen-bond acceptors (Lipinski definition) is 5. The zero-order chi connectivity index (χ0) is 17.8. The molecule has 5 heteroatoms. The molecule has 0 aliphatic heterocycles. The molecule has 1 unspecified atom stereocenters. The molecule has 26 heavy (non-hydrogen) atoms. The Hall–Kier alpha value is -3.47. The molecule has 2 aromatic heterocycles. The van der Waals surface area contributed by atoms with Crippen LogP contribution in [0.2, 0.25) is 0 Å². The molecular formula is C21H19N5. The SMILES string of the molecule is CC(Nc1nc(Nc2ccncc2)nc2ccccc12)c1ccccc1. The third-order valence-electron chi connectivity index (χ3n) is 4.19. The Bertz CT molecular complexity index is 1000. The molecule has 1 atom stereocenters. The second-order valence-electron chi connectivity index (χ2n) is 6.05. The van der Waals surface area contributed by atoms with Crippen molar-refractivity contribution in [2.45, 2.75) is 13.0 Å². The highest BCUT2D eigenvalue weighted by molar-refractivity contribution is 5.90. The molecule has 0 aliphatic carbocycles. The summed E-state index contributed by atoms with van der Waals surface area (Å²) in [6, 6.07) is 22.2. The fraction of sp³-hybridized carbons (Fsp3) is 0.0952. The lowest BCUT2D eigenvalue weighted by atomic mass is 10.1. The molecule has 2 N–H and O–H groups in total. The van der Waals surface area contributed by atoms with Gasteiger partial charge in [0.2, 0.25) is 5.95 Å². The lowest BCUT2D eigenvalue weighted by molar-refractivity contribution is 0.876. The van der Waals surface area contributed by atoms with E-state index in [0.717, 1.165) is 22.4 Å². The number of benzene rings is 2. The Kier molecular flexibility index (Phi) is 4.43. The van der Waals surface area contributed by atoms with Crippen LogP contribution < -0.4 is 10.6 Å². The van der Waals surface area contributed by atoms with Gasteiger partial charge >= 0.3 is 0 Å². The zero-order valence-electron chi connectivity index (χ0n) is 14.4. The van der Waals surface area contributed by atoms with Crippen molar-refractivity contribution < 1.29 is 0 Å². The van der Waals surface area contributed by atoms with Crippen LogP contribution in [0.25, 0.3) is 10.9 Å². The summed E-state index contributed by atoms with van der Waals surface area (Å²) in [6.07, 6.45) is 3.47. The van der Waals surface area contributed by atoms with Crippen LogP contribution in [0.3, 0.4) is 0 Å². The predicted molar refractivity (Wildman–Crippen MR) is 106 cm³/mol. The van der Waals surface area contributed by atoms with E-state index < -0.39 is 0 Å². The molecule has 0 aliphatic rings. The first-order chi connectivity index (χ1) is 12.8. The summed E-state index contributed by atoms with van der Waals surface area (Å²) in [6.45, 7) is 2.13. The second-order valence-corrected chi connectivity index (χ2v) is 6.05. The highest BCUT2D eigenvalue weighted by atomic mass is 15.1. The van der Waals surface area contributed by atoms with Gasteiger partial charge in [0.15, 0.2) is 0 Å². The number of nitrogens with one attached hydrogen (secondary N) is 2. The van der Waals surface area contributed by atoms with Gasteiger partial charge in [-0.2, -0.15) is 4.98 Å². The van der Waals surface area contributed by atoms with E-state index in [-0.39, 0.29) is 6.04 Å². The van der Waals surface area contributed by atoms with Crippen LogP contribution >= 0.6 is 0 Å². The average molecular weight is 341 g/mol. The van der Waals surface area contributed by atoms with Crippen LogP contribution in [-0.2, 0) is 0 Å². The first-order valence-electron chi connectivity index (χ1n) is 8.55. The summed E-state index contributed by atoms with van der Waals surface area (Å²) in [4.78, 5) is 13.4. The van der Waals surface area contributed by atoms with E-state index in [4.69, 9.17) is 4.98 Å². The molecule has 2 heterocycles. The van der Waals surface area contributed by atoms with Crippen molar-refractivity contribution in [3.05, 3.63) is 84.7 Å². The predicted octanol–water partition coefficient (Wildman–Crippen LogP) is 4.94. The first-order valence-corrected chi connectivity index (χ1v) is 8.55. The third-order valence-corrected chi connectivity index (χ3v) is 4.19.